The number of hydrogen-bond donors (Lipinski definition) is 14. The van der Waals surface area contributed by atoms with Crippen LogP contribution in [0.1, 0.15) is 265 Å². The molecule has 3 aliphatic heterocycles. The molecule has 23 heteroatoms. The lowest BCUT2D eigenvalue weighted by Gasteiger charge is -2.50. The predicted octanol–water partition coefficient (Wildman–Crippen LogP) is 6.68. The van der Waals surface area contributed by atoms with Crippen molar-refractivity contribution in [3.05, 3.63) is 12.2 Å². The number of hydrogen-bond acceptors (Lipinski definition) is 20. The van der Waals surface area contributed by atoms with E-state index in [-0.39, 0.29) is 12.3 Å². The van der Waals surface area contributed by atoms with E-state index in [4.69, 9.17) is 28.4 Å². The summed E-state index contributed by atoms with van der Waals surface area (Å²) in [4.78, 5) is 38.5. The first-order chi connectivity index (χ1) is 43.9. The molecule has 0 aromatic carbocycles. The zero-order valence-corrected chi connectivity index (χ0v) is 55.7. The molecule has 534 valence electrons. The highest BCUT2D eigenvalue weighted by Crippen LogP contribution is 2.39. The van der Waals surface area contributed by atoms with E-state index in [1.54, 1.807) is 6.08 Å². The van der Waals surface area contributed by atoms with Gasteiger partial charge in [0.1, 0.15) is 67.1 Å². The monoisotopic (exact) mass is 1310 g/mol. The standard InChI is InChI=1S/C68H126N2O21/c1-4-6-8-10-12-14-16-18-20-22-23-24-25-26-28-30-32-34-36-38-40-42-55(78)70-49(50(75)41-39-37-35-33-31-29-27-21-19-17-15-13-11-9-7-5-2)47-86-65-60(82)59(81)62(54(46-73)88-65)89-66-61(83)64(58(80)53(45-72)87-66)91-68(67(84)85)43-51(76)56(69-48(3)74)63(90-68)57(79)52(77)44-71/h39,41,49-54,56-66,71-73,75-77,79-83H,4-38,40,42-47H2,1-3H3,(H,69,74)(H,70,78)(H,84,85)/b41-39+. The zero-order valence-electron chi connectivity index (χ0n) is 55.7. The Labute approximate surface area is 543 Å². The molecule has 0 aromatic rings. The molecule has 3 rings (SSSR count). The van der Waals surface area contributed by atoms with Gasteiger partial charge in [0.2, 0.25) is 11.8 Å². The van der Waals surface area contributed by atoms with Crippen LogP contribution in [0.2, 0.25) is 0 Å². The van der Waals surface area contributed by atoms with Gasteiger partial charge in [0.25, 0.3) is 5.79 Å². The Morgan fingerprint density at radius 2 is 1.02 bits per heavy atom. The molecule has 23 nitrogen and oxygen atoms in total. The number of ether oxygens (including phenoxy) is 6. The summed E-state index contributed by atoms with van der Waals surface area (Å²) in [5.41, 5.74) is 0. The van der Waals surface area contributed by atoms with Crippen LogP contribution >= 0.6 is 0 Å². The number of allylic oxidation sites excluding steroid dienone is 1. The zero-order chi connectivity index (χ0) is 66.8. The van der Waals surface area contributed by atoms with Gasteiger partial charge < -0.3 is 100 Å². The van der Waals surface area contributed by atoms with Crippen molar-refractivity contribution in [1.29, 1.82) is 0 Å². The average Bonchev–Trinajstić information content (AvgIpc) is 0.785. The number of amides is 2. The maximum Gasteiger partial charge on any atom is 0.364 e. The molecule has 3 saturated heterocycles. The SMILES string of the molecule is CCCCCCCCCCCCCCCC/C=C/C(O)C(COC1OC(CO)C(OC2OC(CO)C(O)C(OC3(C(=O)O)CC(O)C(NC(C)=O)C(C(O)C(O)CO)O3)C2O)C(O)C1O)NC(=O)CCCCCCCCCCCCCCCCCCCCCCC. The summed E-state index contributed by atoms with van der Waals surface area (Å²) in [6.45, 7) is 2.16. The third-order valence-corrected chi connectivity index (χ3v) is 18.2. The molecule has 0 aromatic heterocycles. The number of nitrogens with one attached hydrogen (secondary N) is 2. The molecule has 0 bridgehead atoms. The fourth-order valence-corrected chi connectivity index (χ4v) is 12.5. The van der Waals surface area contributed by atoms with Crippen LogP contribution in [-0.2, 0) is 42.8 Å². The minimum Gasteiger partial charge on any atom is -0.477 e. The Balaban J connectivity index is 1.59. The van der Waals surface area contributed by atoms with E-state index in [0.29, 0.717) is 12.8 Å². The first kappa shape index (κ1) is 82.7. The lowest BCUT2D eigenvalue weighted by atomic mass is 9.88. The van der Waals surface area contributed by atoms with Crippen molar-refractivity contribution in [3.8, 4) is 0 Å². The summed E-state index contributed by atoms with van der Waals surface area (Å²) >= 11 is 0. The Morgan fingerprint density at radius 1 is 0.571 bits per heavy atom. The maximum atomic E-state index is 13.5. The molecule has 0 aliphatic carbocycles. The smallest absolute Gasteiger partial charge is 0.364 e. The summed E-state index contributed by atoms with van der Waals surface area (Å²) in [7, 11) is 0. The molecule has 18 unspecified atom stereocenters. The second-order valence-corrected chi connectivity index (χ2v) is 26.1. The molecule has 0 radical (unpaired) electrons. The van der Waals surface area contributed by atoms with Crippen LogP contribution in [0, 0.1) is 0 Å². The lowest BCUT2D eigenvalue weighted by molar-refractivity contribution is -0.386. The number of aliphatic carboxylic acids is 1. The van der Waals surface area contributed by atoms with E-state index in [1.165, 1.54) is 173 Å². The van der Waals surface area contributed by atoms with Crippen LogP contribution in [-0.4, -0.2) is 215 Å². The van der Waals surface area contributed by atoms with Gasteiger partial charge in [-0.25, -0.2) is 4.79 Å². The van der Waals surface area contributed by atoms with E-state index in [2.05, 4.69) is 24.5 Å². The van der Waals surface area contributed by atoms with Crippen molar-refractivity contribution in [2.45, 2.75) is 375 Å². The van der Waals surface area contributed by atoms with Crippen molar-refractivity contribution < 1.29 is 104 Å². The maximum absolute atomic E-state index is 13.5. The molecular weight excluding hydrogens is 1180 g/mol. The van der Waals surface area contributed by atoms with E-state index in [9.17, 15) is 75.7 Å². The highest BCUT2D eigenvalue weighted by molar-refractivity contribution is 5.77. The molecule has 3 aliphatic rings. The number of aliphatic hydroxyl groups excluding tert-OH is 11. The van der Waals surface area contributed by atoms with Gasteiger partial charge in [-0.05, 0) is 19.3 Å². The number of carbonyl (C=O) groups excluding carboxylic acids is 2. The van der Waals surface area contributed by atoms with Crippen molar-refractivity contribution >= 4 is 17.8 Å². The number of aliphatic hydroxyl groups is 11. The summed E-state index contributed by atoms with van der Waals surface area (Å²) < 4.78 is 34.8. The Kier molecular flexibility index (Phi) is 44.6. The second-order valence-electron chi connectivity index (χ2n) is 26.1. The topological polar surface area (TPSA) is 373 Å². The minimum absolute atomic E-state index is 0.205. The lowest BCUT2D eigenvalue weighted by Crippen LogP contribution is -2.70. The molecule has 91 heavy (non-hydrogen) atoms. The molecule has 18 atom stereocenters. The number of carboxylic acid groups (broad SMARTS) is 1. The normalized spacial score (nSPS) is 28.4. The predicted molar refractivity (Wildman–Crippen MR) is 343 cm³/mol. The summed E-state index contributed by atoms with van der Waals surface area (Å²) in [5.74, 6) is -6.13. The van der Waals surface area contributed by atoms with Crippen molar-refractivity contribution in [2.75, 3.05) is 26.4 Å². The van der Waals surface area contributed by atoms with E-state index in [1.807, 2.05) is 6.08 Å². The summed E-state index contributed by atoms with van der Waals surface area (Å²) in [6, 6.07) is -2.61. The molecule has 3 heterocycles. The van der Waals surface area contributed by atoms with Crippen LogP contribution in [0.15, 0.2) is 12.2 Å². The Bertz CT molecular complexity index is 1890. The van der Waals surface area contributed by atoms with Gasteiger partial charge >= 0.3 is 5.97 Å². The minimum atomic E-state index is -3.08. The van der Waals surface area contributed by atoms with Gasteiger partial charge in [-0.2, -0.15) is 0 Å². The van der Waals surface area contributed by atoms with Gasteiger partial charge in [0, 0.05) is 19.8 Å². The van der Waals surface area contributed by atoms with Gasteiger partial charge in [0.05, 0.1) is 50.7 Å². The fourth-order valence-electron chi connectivity index (χ4n) is 12.5. The molecule has 0 spiro atoms. The second kappa shape index (κ2) is 49.1. The highest BCUT2D eigenvalue weighted by atomic mass is 16.8. The Hall–Kier alpha value is -2.53. The van der Waals surface area contributed by atoms with Crippen molar-refractivity contribution in [3.63, 3.8) is 0 Å². The van der Waals surface area contributed by atoms with Gasteiger partial charge in [-0.1, -0.05) is 238 Å². The van der Waals surface area contributed by atoms with E-state index in [0.717, 1.165) is 51.9 Å². The molecule has 2 amide bonds. The highest BCUT2D eigenvalue weighted by Gasteiger charge is 2.60. The molecular formula is C68H126N2O21. The summed E-state index contributed by atoms with van der Waals surface area (Å²) in [5, 5.41) is 136. The van der Waals surface area contributed by atoms with Crippen LogP contribution < -0.4 is 10.6 Å². The van der Waals surface area contributed by atoms with E-state index < -0.39 is 155 Å². The largest absolute Gasteiger partial charge is 0.477 e. The Morgan fingerprint density at radius 3 is 1.46 bits per heavy atom. The number of carboxylic acids is 1. The molecule has 3 fully saturated rings. The van der Waals surface area contributed by atoms with Crippen molar-refractivity contribution in [2.24, 2.45) is 0 Å². The third-order valence-electron chi connectivity index (χ3n) is 18.2. The quantitative estimate of drug-likeness (QED) is 0.0223. The van der Waals surface area contributed by atoms with Gasteiger partial charge in [-0.15, -0.1) is 0 Å². The van der Waals surface area contributed by atoms with Crippen LogP contribution in [0.25, 0.3) is 0 Å². The number of carbonyl (C=O) groups is 3. The number of unbranched alkanes of at least 4 members (excludes halogenated alkanes) is 34. The van der Waals surface area contributed by atoms with Crippen LogP contribution in [0.3, 0.4) is 0 Å². The fraction of sp³-hybridized carbons (Fsp3) is 0.926. The molecule has 0 saturated carbocycles. The average molecular weight is 1310 g/mol. The van der Waals surface area contributed by atoms with Gasteiger partial charge in [0.15, 0.2) is 12.6 Å². The molecule has 14 N–H and O–H groups in total. The van der Waals surface area contributed by atoms with Crippen molar-refractivity contribution in [1.82, 2.24) is 10.6 Å². The summed E-state index contributed by atoms with van der Waals surface area (Å²) in [6.07, 6.45) is 18.2. The first-order valence-corrected chi connectivity index (χ1v) is 35.6. The van der Waals surface area contributed by atoms with Crippen LogP contribution in [0.4, 0.5) is 0 Å². The number of rotatable bonds is 54. The van der Waals surface area contributed by atoms with E-state index >= 15 is 0 Å². The van der Waals surface area contributed by atoms with Gasteiger partial charge in [-0.3, -0.25) is 9.59 Å². The first-order valence-electron chi connectivity index (χ1n) is 35.6. The third kappa shape index (κ3) is 31.5. The van der Waals surface area contributed by atoms with Crippen LogP contribution in [0.5, 0.6) is 0 Å².